The Labute approximate surface area is 111 Å². The molecule has 1 saturated heterocycles. The average molecular weight is 258 g/mol. The lowest BCUT2D eigenvalue weighted by Gasteiger charge is -2.22. The summed E-state index contributed by atoms with van der Waals surface area (Å²) in [4.78, 5) is 23.2. The van der Waals surface area contributed by atoms with E-state index in [9.17, 15) is 4.79 Å². The molecule has 19 heavy (non-hydrogen) atoms. The molecular formula is C14H18N4O. The number of H-pyrrole nitrogens is 1. The second-order valence-electron chi connectivity index (χ2n) is 5.29. The van der Waals surface area contributed by atoms with Crippen LogP contribution in [0.15, 0.2) is 29.3 Å². The number of fused-ring (bicyclic) bond motifs is 1. The number of hydrogen-bond acceptors (Lipinski definition) is 4. The molecule has 0 aromatic carbocycles. The van der Waals surface area contributed by atoms with Crippen molar-refractivity contribution in [3.63, 3.8) is 0 Å². The summed E-state index contributed by atoms with van der Waals surface area (Å²) >= 11 is 0. The maximum atomic E-state index is 11.8. The average Bonchev–Trinajstić information content (AvgIpc) is 2.87. The fourth-order valence-electron chi connectivity index (χ4n) is 2.73. The molecule has 0 spiro atoms. The van der Waals surface area contributed by atoms with Crippen LogP contribution >= 0.6 is 0 Å². The van der Waals surface area contributed by atoms with E-state index >= 15 is 0 Å². The summed E-state index contributed by atoms with van der Waals surface area (Å²) < 4.78 is 0. The normalized spacial score (nSPS) is 19.5. The highest BCUT2D eigenvalue weighted by molar-refractivity contribution is 5.90. The minimum atomic E-state index is -0.0659. The highest BCUT2D eigenvalue weighted by Crippen LogP contribution is 2.27. The van der Waals surface area contributed by atoms with Crippen molar-refractivity contribution in [2.75, 3.05) is 32.1 Å². The van der Waals surface area contributed by atoms with Crippen LogP contribution < -0.4 is 10.5 Å². The van der Waals surface area contributed by atoms with E-state index in [0.717, 1.165) is 36.1 Å². The summed E-state index contributed by atoms with van der Waals surface area (Å²) in [5, 5.41) is 1.06. The number of pyridine rings is 2. The molecule has 0 radical (unpaired) electrons. The van der Waals surface area contributed by atoms with Crippen molar-refractivity contribution in [3.8, 4) is 0 Å². The lowest BCUT2D eigenvalue weighted by molar-refractivity contribution is 0.315. The van der Waals surface area contributed by atoms with Crippen molar-refractivity contribution in [1.82, 2.24) is 14.9 Å². The van der Waals surface area contributed by atoms with Gasteiger partial charge in [-0.15, -0.1) is 0 Å². The van der Waals surface area contributed by atoms with E-state index in [1.807, 2.05) is 6.07 Å². The van der Waals surface area contributed by atoms with Gasteiger partial charge in [-0.1, -0.05) is 0 Å². The molecule has 1 aliphatic rings. The topological polar surface area (TPSA) is 52.2 Å². The van der Waals surface area contributed by atoms with E-state index < -0.39 is 0 Å². The first-order valence-electron chi connectivity index (χ1n) is 6.53. The van der Waals surface area contributed by atoms with E-state index in [2.05, 4.69) is 33.9 Å². The van der Waals surface area contributed by atoms with Gasteiger partial charge in [-0.3, -0.25) is 9.78 Å². The van der Waals surface area contributed by atoms with Crippen LogP contribution in [-0.4, -0.2) is 48.1 Å². The standard InChI is InChI=1S/C14H18N4O/c1-17(2)10-4-6-18(9-10)13-7-14(19)16-12-8-15-5-3-11(12)13/h3,5,7-8,10H,4,6,9H2,1-2H3,(H,16,19)/t10-/m1/s1. The van der Waals surface area contributed by atoms with E-state index in [1.54, 1.807) is 18.5 Å². The van der Waals surface area contributed by atoms with Gasteiger partial charge in [0.15, 0.2) is 0 Å². The largest absolute Gasteiger partial charge is 0.369 e. The molecule has 0 aliphatic carbocycles. The van der Waals surface area contributed by atoms with Crippen molar-refractivity contribution < 1.29 is 0 Å². The number of rotatable bonds is 2. The molecular weight excluding hydrogens is 240 g/mol. The third kappa shape index (κ3) is 2.21. The molecule has 0 amide bonds. The van der Waals surface area contributed by atoms with Crippen LogP contribution in [0, 0.1) is 0 Å². The Morgan fingerprint density at radius 3 is 3.05 bits per heavy atom. The monoisotopic (exact) mass is 258 g/mol. The zero-order chi connectivity index (χ0) is 13.4. The number of aromatic nitrogens is 2. The van der Waals surface area contributed by atoms with Gasteiger partial charge < -0.3 is 14.8 Å². The van der Waals surface area contributed by atoms with Gasteiger partial charge in [-0.25, -0.2) is 0 Å². The molecule has 5 nitrogen and oxygen atoms in total. The first-order valence-corrected chi connectivity index (χ1v) is 6.53. The van der Waals surface area contributed by atoms with Gasteiger partial charge in [-0.05, 0) is 26.6 Å². The van der Waals surface area contributed by atoms with E-state index in [-0.39, 0.29) is 5.56 Å². The summed E-state index contributed by atoms with van der Waals surface area (Å²) in [6.07, 6.45) is 4.61. The molecule has 1 fully saturated rings. The third-order valence-electron chi connectivity index (χ3n) is 3.86. The zero-order valence-corrected chi connectivity index (χ0v) is 11.3. The quantitative estimate of drug-likeness (QED) is 0.875. The van der Waals surface area contributed by atoms with Gasteiger partial charge in [0.2, 0.25) is 0 Å². The predicted molar refractivity (Wildman–Crippen MR) is 76.7 cm³/mol. The number of nitrogens with zero attached hydrogens (tertiary/aromatic N) is 3. The Kier molecular flexibility index (Phi) is 2.98. The summed E-state index contributed by atoms with van der Waals surface area (Å²) in [5.74, 6) is 0. The second-order valence-corrected chi connectivity index (χ2v) is 5.29. The molecule has 0 unspecified atom stereocenters. The lowest BCUT2D eigenvalue weighted by Crippen LogP contribution is -2.31. The molecule has 100 valence electrons. The molecule has 5 heteroatoms. The smallest absolute Gasteiger partial charge is 0.250 e. The van der Waals surface area contributed by atoms with Crippen molar-refractivity contribution in [2.24, 2.45) is 0 Å². The van der Waals surface area contributed by atoms with Gasteiger partial charge in [0.1, 0.15) is 0 Å². The van der Waals surface area contributed by atoms with Gasteiger partial charge >= 0.3 is 0 Å². The minimum absolute atomic E-state index is 0.0659. The highest BCUT2D eigenvalue weighted by Gasteiger charge is 2.25. The van der Waals surface area contributed by atoms with Crippen LogP contribution in [0.1, 0.15) is 6.42 Å². The fourth-order valence-corrected chi connectivity index (χ4v) is 2.73. The number of likely N-dealkylation sites (N-methyl/N-ethyl adjacent to an activating group) is 1. The van der Waals surface area contributed by atoms with Crippen LogP contribution in [0.4, 0.5) is 5.69 Å². The number of anilines is 1. The fraction of sp³-hybridized carbons (Fsp3) is 0.429. The maximum Gasteiger partial charge on any atom is 0.250 e. The molecule has 1 atom stereocenters. The van der Waals surface area contributed by atoms with Crippen LogP contribution in [0.2, 0.25) is 0 Å². The highest BCUT2D eigenvalue weighted by atomic mass is 16.1. The Bertz CT molecular complexity index is 649. The minimum Gasteiger partial charge on any atom is -0.369 e. The molecule has 1 N–H and O–H groups in total. The van der Waals surface area contributed by atoms with Crippen molar-refractivity contribution >= 4 is 16.6 Å². The number of hydrogen-bond donors (Lipinski definition) is 1. The summed E-state index contributed by atoms with van der Waals surface area (Å²) in [5.41, 5.74) is 1.76. The van der Waals surface area contributed by atoms with Gasteiger partial charge in [0.25, 0.3) is 5.56 Å². The van der Waals surface area contributed by atoms with Crippen LogP contribution in [0.3, 0.4) is 0 Å². The second kappa shape index (κ2) is 4.66. The van der Waals surface area contributed by atoms with Crippen molar-refractivity contribution in [2.45, 2.75) is 12.5 Å². The number of aromatic amines is 1. The molecule has 0 bridgehead atoms. The Morgan fingerprint density at radius 2 is 2.32 bits per heavy atom. The Balaban J connectivity index is 2.04. The van der Waals surface area contributed by atoms with E-state index in [0.29, 0.717) is 6.04 Å². The van der Waals surface area contributed by atoms with Crippen LogP contribution in [0.5, 0.6) is 0 Å². The predicted octanol–water partition coefficient (Wildman–Crippen LogP) is 1.06. The van der Waals surface area contributed by atoms with Gasteiger partial charge in [0, 0.05) is 36.8 Å². The molecule has 3 heterocycles. The summed E-state index contributed by atoms with van der Waals surface area (Å²) in [6, 6.07) is 4.21. The Hall–Kier alpha value is -1.88. The lowest BCUT2D eigenvalue weighted by atomic mass is 10.2. The molecule has 3 rings (SSSR count). The SMILES string of the molecule is CN(C)[C@@H]1CCN(c2cc(=O)[nH]c3cnccc23)C1. The van der Waals surface area contributed by atoms with Gasteiger partial charge in [0.05, 0.1) is 17.4 Å². The van der Waals surface area contributed by atoms with E-state index in [1.165, 1.54) is 0 Å². The molecule has 2 aromatic heterocycles. The van der Waals surface area contributed by atoms with Crippen LogP contribution in [0.25, 0.3) is 10.9 Å². The van der Waals surface area contributed by atoms with Gasteiger partial charge in [-0.2, -0.15) is 0 Å². The zero-order valence-electron chi connectivity index (χ0n) is 11.3. The first-order chi connectivity index (χ1) is 9.15. The van der Waals surface area contributed by atoms with Crippen LogP contribution in [-0.2, 0) is 0 Å². The Morgan fingerprint density at radius 1 is 1.47 bits per heavy atom. The third-order valence-corrected chi connectivity index (χ3v) is 3.86. The maximum absolute atomic E-state index is 11.8. The number of nitrogens with one attached hydrogen (secondary N) is 1. The first kappa shape index (κ1) is 12.2. The molecule has 0 saturated carbocycles. The summed E-state index contributed by atoms with van der Waals surface area (Å²) in [7, 11) is 4.21. The molecule has 2 aromatic rings. The molecule has 1 aliphatic heterocycles. The summed E-state index contributed by atoms with van der Waals surface area (Å²) in [6.45, 7) is 1.96. The van der Waals surface area contributed by atoms with Crippen molar-refractivity contribution in [3.05, 3.63) is 34.9 Å². The van der Waals surface area contributed by atoms with Crippen molar-refractivity contribution in [1.29, 1.82) is 0 Å². The van der Waals surface area contributed by atoms with E-state index in [4.69, 9.17) is 0 Å².